The van der Waals surface area contributed by atoms with Gasteiger partial charge < -0.3 is 4.90 Å². The molecule has 0 saturated heterocycles. The third-order valence-corrected chi connectivity index (χ3v) is 5.31. The largest absolute Gasteiger partial charge is 0.349 e. The molecule has 0 radical (unpaired) electrons. The van der Waals surface area contributed by atoms with E-state index in [1.807, 2.05) is 6.92 Å². The number of aromatic nitrogens is 2. The summed E-state index contributed by atoms with van der Waals surface area (Å²) in [5.41, 5.74) is 1.99. The fourth-order valence-electron chi connectivity index (χ4n) is 2.12. The van der Waals surface area contributed by atoms with E-state index in [0.29, 0.717) is 16.4 Å². The molecule has 0 atom stereocenters. The molecule has 2 aromatic heterocycles. The summed E-state index contributed by atoms with van der Waals surface area (Å²) in [6.45, 7) is 21.5. The molecule has 2 heterocycles. The predicted octanol–water partition coefficient (Wildman–Crippen LogP) is 6.02. The Balaban J connectivity index is 2.45. The molecule has 0 aliphatic heterocycles. The molecule has 0 unspecified atom stereocenters. The highest BCUT2D eigenvalue weighted by atomic mass is 32.1. The van der Waals surface area contributed by atoms with Gasteiger partial charge in [-0.15, -0.1) is 10.2 Å². The molecule has 6 nitrogen and oxygen atoms in total. The Labute approximate surface area is 151 Å². The molecule has 0 fully saturated rings. The molecule has 128 valence electrons. The second-order valence-electron chi connectivity index (χ2n) is 6.31. The van der Waals surface area contributed by atoms with Gasteiger partial charge in [-0.05, 0) is 32.3 Å². The van der Waals surface area contributed by atoms with E-state index in [9.17, 15) is 0 Å². The van der Waals surface area contributed by atoms with Crippen LogP contribution < -0.4 is 4.90 Å². The van der Waals surface area contributed by atoms with Gasteiger partial charge in [0.25, 0.3) is 0 Å². The zero-order valence-electron chi connectivity index (χ0n) is 14.9. The lowest BCUT2D eigenvalue weighted by atomic mass is 9.93. The van der Waals surface area contributed by atoms with Crippen LogP contribution in [0.15, 0.2) is 10.2 Å². The average molecular weight is 363 g/mol. The summed E-state index contributed by atoms with van der Waals surface area (Å²) >= 11 is 2.75. The first kappa shape index (κ1) is 18.5. The van der Waals surface area contributed by atoms with Gasteiger partial charge in [0, 0.05) is 18.5 Å². The van der Waals surface area contributed by atoms with Gasteiger partial charge in [-0.1, -0.05) is 32.1 Å². The fraction of sp³-hybridized carbons (Fsp3) is 0.562. The maximum atomic E-state index is 7.25. The highest BCUT2D eigenvalue weighted by Gasteiger charge is 2.25. The summed E-state index contributed by atoms with van der Waals surface area (Å²) in [6, 6.07) is 0. The summed E-state index contributed by atoms with van der Waals surface area (Å²) in [5, 5.41) is 11.0. The molecule has 0 spiro atoms. The quantitative estimate of drug-likeness (QED) is 0.483. The minimum absolute atomic E-state index is 0.123. The molecule has 0 N–H and O–H groups in total. The number of rotatable bonds is 5. The zero-order chi connectivity index (χ0) is 17.9. The zero-order valence-corrected chi connectivity index (χ0v) is 16.5. The topological polar surface area (TPSA) is 58.1 Å². The van der Waals surface area contributed by atoms with Crippen molar-refractivity contribution in [3.63, 3.8) is 0 Å². The summed E-state index contributed by atoms with van der Waals surface area (Å²) in [7, 11) is 0. The van der Waals surface area contributed by atoms with E-state index in [1.165, 1.54) is 11.5 Å². The Hall–Kier alpha value is -1.85. The van der Waals surface area contributed by atoms with Crippen LogP contribution in [-0.2, 0) is 5.41 Å². The first-order valence-electron chi connectivity index (χ1n) is 7.83. The highest BCUT2D eigenvalue weighted by molar-refractivity contribution is 7.19. The smallest absolute Gasteiger partial charge is 0.247 e. The van der Waals surface area contributed by atoms with Crippen LogP contribution in [0.3, 0.4) is 0 Å². The molecule has 0 bridgehead atoms. The molecule has 0 aliphatic carbocycles. The highest BCUT2D eigenvalue weighted by Crippen LogP contribution is 2.42. The van der Waals surface area contributed by atoms with Crippen molar-refractivity contribution < 1.29 is 0 Å². The van der Waals surface area contributed by atoms with Crippen LogP contribution in [0.5, 0.6) is 0 Å². The van der Waals surface area contributed by atoms with Crippen LogP contribution in [-0.4, -0.2) is 22.4 Å². The molecule has 2 aromatic rings. The van der Waals surface area contributed by atoms with Crippen molar-refractivity contribution in [3.05, 3.63) is 22.8 Å². The molecule has 0 aliphatic rings. The third-order valence-electron chi connectivity index (χ3n) is 3.50. The van der Waals surface area contributed by atoms with Gasteiger partial charge in [0.15, 0.2) is 15.1 Å². The van der Waals surface area contributed by atoms with E-state index in [0.717, 1.165) is 28.9 Å². The van der Waals surface area contributed by atoms with Gasteiger partial charge in [0.05, 0.1) is 18.0 Å². The fourth-order valence-corrected chi connectivity index (χ4v) is 4.02. The molecular formula is C16H22N6S2. The third kappa shape index (κ3) is 3.79. The van der Waals surface area contributed by atoms with Gasteiger partial charge in [-0.25, -0.2) is 14.2 Å². The van der Waals surface area contributed by atoms with Crippen LogP contribution in [0.2, 0.25) is 0 Å². The second-order valence-corrected chi connectivity index (χ2v) is 8.01. The number of aryl methyl sites for hydroxylation is 1. The Morgan fingerprint density at radius 2 is 1.79 bits per heavy atom. The molecule has 0 amide bonds. The molecule has 0 saturated carbocycles. The lowest BCUT2D eigenvalue weighted by Gasteiger charge is -2.18. The van der Waals surface area contributed by atoms with Crippen molar-refractivity contribution in [2.45, 2.75) is 47.0 Å². The monoisotopic (exact) mass is 362 g/mol. The predicted molar refractivity (Wildman–Crippen MR) is 102 cm³/mol. The summed E-state index contributed by atoms with van der Waals surface area (Å²) in [5.74, 6) is 0. The van der Waals surface area contributed by atoms with E-state index in [1.54, 1.807) is 11.3 Å². The van der Waals surface area contributed by atoms with Gasteiger partial charge in [0.1, 0.15) is 0 Å². The molecule has 0 aromatic carbocycles. The van der Waals surface area contributed by atoms with Crippen LogP contribution >= 0.6 is 22.9 Å². The maximum Gasteiger partial charge on any atom is 0.247 e. The number of thiazole rings is 1. The van der Waals surface area contributed by atoms with Gasteiger partial charge in [0.2, 0.25) is 5.69 Å². The van der Waals surface area contributed by atoms with E-state index in [4.69, 9.17) is 11.6 Å². The van der Waals surface area contributed by atoms with Gasteiger partial charge in [-0.2, -0.15) is 0 Å². The van der Waals surface area contributed by atoms with Crippen LogP contribution in [0.4, 0.5) is 20.8 Å². The number of anilines is 1. The molecule has 8 heteroatoms. The van der Waals surface area contributed by atoms with Crippen molar-refractivity contribution in [1.29, 1.82) is 0 Å². The Morgan fingerprint density at radius 1 is 1.17 bits per heavy atom. The molecule has 24 heavy (non-hydrogen) atoms. The normalized spacial score (nSPS) is 11.9. The van der Waals surface area contributed by atoms with Crippen molar-refractivity contribution in [2.75, 3.05) is 18.0 Å². The van der Waals surface area contributed by atoms with Crippen LogP contribution in [0.1, 0.15) is 46.0 Å². The van der Waals surface area contributed by atoms with E-state index >= 15 is 0 Å². The van der Waals surface area contributed by atoms with Gasteiger partial charge >= 0.3 is 0 Å². The van der Waals surface area contributed by atoms with E-state index < -0.39 is 0 Å². The Kier molecular flexibility index (Phi) is 5.67. The Morgan fingerprint density at radius 3 is 2.33 bits per heavy atom. The maximum absolute atomic E-state index is 7.25. The van der Waals surface area contributed by atoms with E-state index in [-0.39, 0.29) is 5.41 Å². The first-order valence-corrected chi connectivity index (χ1v) is 9.42. The van der Waals surface area contributed by atoms with Crippen molar-refractivity contribution in [3.8, 4) is 0 Å². The van der Waals surface area contributed by atoms with Crippen molar-refractivity contribution >= 4 is 43.7 Å². The lowest BCUT2D eigenvalue weighted by molar-refractivity contribution is 0.573. The first-order chi connectivity index (χ1) is 11.3. The number of hydrogen-bond donors (Lipinski definition) is 0. The minimum Gasteiger partial charge on any atom is -0.349 e. The van der Waals surface area contributed by atoms with E-state index in [2.05, 4.69) is 59.0 Å². The van der Waals surface area contributed by atoms with Gasteiger partial charge in [-0.3, -0.25) is 0 Å². The standard InChI is InChI=1S/C16H22N6S2/c1-8-22(9-2)15-18-12(16(4,5)6)14(23-15)20-19-13-11(17-7)10(3)21-24-13/h8-9H2,1-6H3. The minimum atomic E-state index is -0.123. The summed E-state index contributed by atoms with van der Waals surface area (Å²) in [4.78, 5) is 10.5. The second kappa shape index (κ2) is 7.36. The lowest BCUT2D eigenvalue weighted by Crippen LogP contribution is -2.22. The number of hydrogen-bond acceptors (Lipinski definition) is 7. The molecular weight excluding hydrogens is 340 g/mol. The number of nitrogens with zero attached hydrogens (tertiary/aromatic N) is 6. The number of azo groups is 1. The Bertz CT molecular complexity index is 772. The van der Waals surface area contributed by atoms with Crippen LogP contribution in [0, 0.1) is 13.5 Å². The summed E-state index contributed by atoms with van der Waals surface area (Å²) in [6.07, 6.45) is 0. The van der Waals surface area contributed by atoms with Crippen molar-refractivity contribution in [2.24, 2.45) is 10.2 Å². The average Bonchev–Trinajstić information content (AvgIpc) is 3.10. The molecule has 2 rings (SSSR count). The SMILES string of the molecule is [C-]#[N+]c1c(C)nsc1N=Nc1sc(N(CC)CC)nc1C(C)(C)C. The van der Waals surface area contributed by atoms with Crippen LogP contribution in [0.25, 0.3) is 4.85 Å². The summed E-state index contributed by atoms with van der Waals surface area (Å²) < 4.78 is 4.18. The van der Waals surface area contributed by atoms with Crippen molar-refractivity contribution in [1.82, 2.24) is 9.36 Å².